The Morgan fingerprint density at radius 2 is 1.02 bits per heavy atom. The molecule has 35 nitrogen and oxygen atoms in total. The lowest BCUT2D eigenvalue weighted by Crippen LogP contribution is -2.72. The van der Waals surface area contributed by atoms with Crippen LogP contribution in [0, 0.1) is 50.2 Å². The fraction of sp³-hybridized carbons (Fsp3) is 0.956. The van der Waals surface area contributed by atoms with Crippen LogP contribution >= 0.6 is 0 Å². The van der Waals surface area contributed by atoms with Gasteiger partial charge < -0.3 is 168 Å². The van der Waals surface area contributed by atoms with Gasteiger partial charge in [-0.05, 0) is 98.7 Å². The van der Waals surface area contributed by atoms with E-state index in [0.717, 1.165) is 5.57 Å². The highest BCUT2D eigenvalue weighted by atomic mass is 16.8. The van der Waals surface area contributed by atoms with Crippen molar-refractivity contribution in [2.24, 2.45) is 50.2 Å². The Hall–Kier alpha value is -2.11. The molecule has 0 spiro atoms. The van der Waals surface area contributed by atoms with Crippen LogP contribution in [0.1, 0.15) is 107 Å². The van der Waals surface area contributed by atoms with Crippen molar-refractivity contribution in [3.8, 4) is 0 Å². The molecule has 0 aromatic heterocycles. The van der Waals surface area contributed by atoms with Crippen molar-refractivity contribution < 1.29 is 173 Å². The van der Waals surface area contributed by atoms with E-state index >= 15 is 4.79 Å². The van der Waals surface area contributed by atoms with Crippen LogP contribution in [0.2, 0.25) is 0 Å². The molecule has 103 heavy (non-hydrogen) atoms. The average molecular weight is 1490 g/mol. The van der Waals surface area contributed by atoms with E-state index in [2.05, 4.69) is 33.8 Å². The second-order valence-corrected chi connectivity index (χ2v) is 33.3. The molecule has 0 radical (unpaired) electrons. The summed E-state index contributed by atoms with van der Waals surface area (Å²) in [6.07, 6.45) is -45.5. The Morgan fingerprint density at radius 3 is 1.63 bits per heavy atom. The minimum atomic E-state index is -2.27. The van der Waals surface area contributed by atoms with Crippen LogP contribution in [0.15, 0.2) is 11.6 Å². The van der Waals surface area contributed by atoms with E-state index in [1.165, 1.54) is 13.8 Å². The van der Waals surface area contributed by atoms with Gasteiger partial charge in [0.2, 0.25) is 6.29 Å². The molecule has 592 valence electrons. The van der Waals surface area contributed by atoms with E-state index < -0.39 is 293 Å². The van der Waals surface area contributed by atoms with Gasteiger partial charge in [-0.3, -0.25) is 4.79 Å². The maximum absolute atomic E-state index is 15.7. The number of ether oxygens (including phenoxy) is 14. The highest BCUT2D eigenvalue weighted by molar-refractivity contribution is 5.79. The molecule has 40 unspecified atom stereocenters. The zero-order chi connectivity index (χ0) is 75.1. The minimum Gasteiger partial charge on any atom is -0.432 e. The first kappa shape index (κ1) is 80.4. The smallest absolute Gasteiger partial charge is 0.315 e. The molecule has 0 bridgehead atoms. The summed E-state index contributed by atoms with van der Waals surface area (Å²) < 4.78 is 83.6. The third kappa shape index (κ3) is 13.5. The molecule has 11 fully saturated rings. The van der Waals surface area contributed by atoms with Gasteiger partial charge in [0, 0.05) is 11.3 Å². The summed E-state index contributed by atoms with van der Waals surface area (Å²) in [5.41, 5.74) is -8.65. The molecule has 0 aromatic rings. The first-order valence-corrected chi connectivity index (χ1v) is 35.9. The van der Waals surface area contributed by atoms with Crippen LogP contribution in [0.5, 0.6) is 0 Å². The maximum Gasteiger partial charge on any atom is 0.315 e. The molecule has 5 aliphatic carbocycles. The number of aliphatic hydroxyl groups is 20. The molecule has 40 atom stereocenters. The fourth-order valence-electron chi connectivity index (χ4n) is 20.1. The van der Waals surface area contributed by atoms with Gasteiger partial charge >= 0.3 is 5.97 Å². The summed E-state index contributed by atoms with van der Waals surface area (Å²) in [7, 11) is 0. The van der Waals surface area contributed by atoms with Crippen molar-refractivity contribution in [3.63, 3.8) is 0 Å². The van der Waals surface area contributed by atoms with Crippen LogP contribution in [-0.2, 0) is 71.1 Å². The van der Waals surface area contributed by atoms with Crippen LogP contribution in [-0.4, -0.2) is 357 Å². The normalized spacial score (nSPS) is 55.8. The summed E-state index contributed by atoms with van der Waals surface area (Å²) in [6.45, 7) is 9.51. The van der Waals surface area contributed by atoms with Gasteiger partial charge in [-0.25, -0.2) is 0 Å². The van der Waals surface area contributed by atoms with E-state index in [4.69, 9.17) is 66.3 Å². The zero-order valence-corrected chi connectivity index (χ0v) is 59.0. The third-order valence-corrected chi connectivity index (χ3v) is 26.3. The van der Waals surface area contributed by atoms with Crippen LogP contribution in [0.3, 0.4) is 0 Å². The molecule has 20 N–H and O–H groups in total. The minimum absolute atomic E-state index is 0.0653. The third-order valence-electron chi connectivity index (χ3n) is 26.3. The van der Waals surface area contributed by atoms with Crippen LogP contribution in [0.4, 0.5) is 0 Å². The van der Waals surface area contributed by atoms with Crippen molar-refractivity contribution >= 4 is 5.97 Å². The molecule has 7 saturated heterocycles. The fourth-order valence-corrected chi connectivity index (χ4v) is 20.1. The number of fused-ring (bicyclic) bond motifs is 7. The Bertz CT molecular complexity index is 2970. The lowest BCUT2D eigenvalue weighted by molar-refractivity contribution is -0.390. The van der Waals surface area contributed by atoms with E-state index in [0.29, 0.717) is 32.1 Å². The summed E-state index contributed by atoms with van der Waals surface area (Å²) >= 11 is 0. The van der Waals surface area contributed by atoms with Gasteiger partial charge in [-0.2, -0.15) is 0 Å². The van der Waals surface area contributed by atoms with Gasteiger partial charge in [0.15, 0.2) is 43.8 Å². The van der Waals surface area contributed by atoms with Crippen LogP contribution in [0.25, 0.3) is 0 Å². The van der Waals surface area contributed by atoms with Crippen molar-refractivity contribution in [2.45, 2.75) is 302 Å². The number of hydrogen-bond donors (Lipinski definition) is 20. The SMILES string of the molecule is CC1OC(OC2C(C)OC(OC3C(OC(=O)C45CCC(C)(C)CC4C4=CCC6C7(C)CC(O)C(OC8OC(CO)C(O)C(O)C8O)C(C)(CO)C7C(O)CC6(C)C4(C)CC5)OCC(O)C3O)C(O)C2OC2OCC(O)(CO)C2O)C(O)C(O)C1OC1OCC(O)C(OC2OCC(O)(CO)C2O)C1O. The first-order valence-electron chi connectivity index (χ1n) is 35.9. The number of carbonyl (C=O) groups is 1. The summed E-state index contributed by atoms with van der Waals surface area (Å²) in [4.78, 5) is 15.7. The summed E-state index contributed by atoms with van der Waals surface area (Å²) in [5.74, 6) is -2.15. The van der Waals surface area contributed by atoms with E-state index in [1.807, 2.05) is 6.92 Å². The number of hydrogen-bond acceptors (Lipinski definition) is 35. The van der Waals surface area contributed by atoms with Gasteiger partial charge in [-0.1, -0.05) is 53.2 Å². The summed E-state index contributed by atoms with van der Waals surface area (Å²) in [5, 5.41) is 223. The van der Waals surface area contributed by atoms with E-state index in [9.17, 15) is 102 Å². The number of allylic oxidation sites excluding steroid dienone is 2. The topological polar surface area (TPSA) is 551 Å². The van der Waals surface area contributed by atoms with Crippen molar-refractivity contribution in [3.05, 3.63) is 11.6 Å². The Labute approximate surface area is 594 Å². The molecular formula is C68H110O35. The monoisotopic (exact) mass is 1490 g/mol. The lowest BCUT2D eigenvalue weighted by atomic mass is 9.33. The van der Waals surface area contributed by atoms with Gasteiger partial charge in [-0.15, -0.1) is 0 Å². The molecular weight excluding hydrogens is 1380 g/mol. The first-order chi connectivity index (χ1) is 48.3. The predicted molar refractivity (Wildman–Crippen MR) is 338 cm³/mol. The van der Waals surface area contributed by atoms with Gasteiger partial charge in [0.1, 0.15) is 115 Å². The molecule has 7 aliphatic heterocycles. The molecule has 7 heterocycles. The second kappa shape index (κ2) is 29.5. The molecule has 0 amide bonds. The lowest BCUT2D eigenvalue weighted by Gasteiger charge is -2.72. The number of esters is 1. The highest BCUT2D eigenvalue weighted by Crippen LogP contribution is 2.76. The second-order valence-electron chi connectivity index (χ2n) is 33.3. The standard InChI is InChI=1S/C68H110O35/c1-26-44(97-53-42(83)46(33(76)20-90-53)99-58-50(85)67(88,22-71)24-92-58)39(80)41(82)54(94-26)98-45-27(2)95-56(43(84)47(45)100-59-51(86)68(89,23-72)25-93-59)101-48-36(77)32(75)19-91-57(48)103-60(87)66-13-11-61(3,4)15-29(66)28-9-10-35-62(5)16-31(74)52(102-55-40(81)38(79)37(78)34(18-69)96-55)63(6,21-70)49(62)30(73)17-65(35,8)64(28,7)12-14-66/h9,26-27,29-59,69-86,88-89H,10-25H2,1-8H3. The van der Waals surface area contributed by atoms with Gasteiger partial charge in [0.05, 0.1) is 88.8 Å². The Morgan fingerprint density at radius 1 is 0.485 bits per heavy atom. The van der Waals surface area contributed by atoms with E-state index in [-0.39, 0.29) is 30.6 Å². The molecule has 0 aromatic carbocycles. The Kier molecular flexibility index (Phi) is 23.1. The average Bonchev–Trinajstić information content (AvgIpc) is 1.42. The quantitative estimate of drug-likeness (QED) is 0.0344. The number of aliphatic hydroxyl groups excluding tert-OH is 18. The highest BCUT2D eigenvalue weighted by Gasteiger charge is 2.74. The molecule has 4 saturated carbocycles. The van der Waals surface area contributed by atoms with Crippen molar-refractivity contribution in [1.82, 2.24) is 0 Å². The van der Waals surface area contributed by atoms with E-state index in [1.54, 1.807) is 6.92 Å². The van der Waals surface area contributed by atoms with Gasteiger partial charge in [0.25, 0.3) is 0 Å². The maximum atomic E-state index is 15.7. The zero-order valence-electron chi connectivity index (χ0n) is 59.0. The molecule has 35 heteroatoms. The van der Waals surface area contributed by atoms with Crippen molar-refractivity contribution in [2.75, 3.05) is 52.9 Å². The number of rotatable bonds is 18. The summed E-state index contributed by atoms with van der Waals surface area (Å²) in [6, 6.07) is 0. The molecule has 12 aliphatic rings. The number of carbonyl (C=O) groups excluding carboxylic acids is 1. The molecule has 12 rings (SSSR count). The Balaban J connectivity index is 0.763. The largest absolute Gasteiger partial charge is 0.432 e. The van der Waals surface area contributed by atoms with Crippen LogP contribution < -0.4 is 0 Å². The van der Waals surface area contributed by atoms with Crippen molar-refractivity contribution in [1.29, 1.82) is 0 Å². The predicted octanol–water partition coefficient (Wildman–Crippen LogP) is -7.03.